The molecule has 93 heavy (non-hydrogen) atoms. The molecular formula is C62H61F12N9O10. The second kappa shape index (κ2) is 30.8. The number of nitrogen functional groups attached to an aromatic ring is 1. The Hall–Kier alpha value is -9.38. The topological polar surface area (TPSA) is 219 Å². The maximum Gasteiger partial charge on any atom is 0.418 e. The molecule has 0 spiro atoms. The Labute approximate surface area is 524 Å². The molecular weight excluding hydrogens is 1260 g/mol. The fourth-order valence-electron chi connectivity index (χ4n) is 9.85. The van der Waals surface area contributed by atoms with Crippen molar-refractivity contribution in [2.45, 2.75) is 38.6 Å². The first-order valence-electron chi connectivity index (χ1n) is 28.3. The van der Waals surface area contributed by atoms with Gasteiger partial charge in [-0.2, -0.15) is 52.7 Å². The summed E-state index contributed by atoms with van der Waals surface area (Å²) < 4.78 is 180. The van der Waals surface area contributed by atoms with E-state index >= 15 is 0 Å². The van der Waals surface area contributed by atoms with E-state index in [1.54, 1.807) is 44.7 Å². The third-order valence-corrected chi connectivity index (χ3v) is 14.7. The summed E-state index contributed by atoms with van der Waals surface area (Å²) in [5.74, 6) is -2.79. The molecule has 0 unspecified atom stereocenters. The summed E-state index contributed by atoms with van der Waals surface area (Å²) in [6.45, 7) is 16.1. The highest BCUT2D eigenvalue weighted by Crippen LogP contribution is 2.42. The van der Waals surface area contributed by atoms with Gasteiger partial charge in [-0.25, -0.2) is 9.64 Å². The number of morpholine rings is 4. The number of hydrogen-bond donors (Lipinski definition) is 4. The van der Waals surface area contributed by atoms with E-state index in [9.17, 15) is 77.2 Å². The number of benzene rings is 6. The second-order valence-electron chi connectivity index (χ2n) is 20.9. The van der Waals surface area contributed by atoms with E-state index in [1.807, 2.05) is 6.92 Å². The van der Waals surface area contributed by atoms with Crippen LogP contribution in [0.3, 0.4) is 0 Å². The van der Waals surface area contributed by atoms with Crippen LogP contribution in [-0.4, -0.2) is 133 Å². The van der Waals surface area contributed by atoms with Crippen LogP contribution in [0.15, 0.2) is 109 Å². The highest BCUT2D eigenvalue weighted by molar-refractivity contribution is 6.05. The monoisotopic (exact) mass is 1320 g/mol. The van der Waals surface area contributed by atoms with Gasteiger partial charge in [0, 0.05) is 115 Å². The van der Waals surface area contributed by atoms with Crippen molar-refractivity contribution >= 4 is 69.0 Å². The van der Waals surface area contributed by atoms with Gasteiger partial charge in [0.2, 0.25) is 0 Å². The zero-order valence-corrected chi connectivity index (χ0v) is 49.6. The summed E-state index contributed by atoms with van der Waals surface area (Å²) in [5.41, 5.74) is 4.01. The second-order valence-corrected chi connectivity index (χ2v) is 20.9. The number of anilines is 7. The number of carboxylic acids is 1. The van der Waals surface area contributed by atoms with Crippen LogP contribution in [0.1, 0.15) is 64.5 Å². The van der Waals surface area contributed by atoms with Crippen molar-refractivity contribution in [3.05, 3.63) is 181 Å². The summed E-state index contributed by atoms with van der Waals surface area (Å²) in [5, 5.41) is 24.8. The van der Waals surface area contributed by atoms with Crippen molar-refractivity contribution < 1.29 is 96.0 Å². The van der Waals surface area contributed by atoms with E-state index in [2.05, 4.69) is 15.5 Å². The van der Waals surface area contributed by atoms with Crippen LogP contribution in [0, 0.1) is 30.5 Å². The number of hydrogen-bond acceptors (Lipinski definition) is 14. The SMILES string of the molecule is Cc1ccc(NC(=O)c2ccc(N3CCOCC3)c(C(F)(F)F)c2)cc1N.Cc1ccc(NC(=O)c2ccc(N3CCOCC3)c(C(F)(F)F)c2)cc1[N+](=O)[O-].O=C(O)c1ccc(N2CCOCC2)c(C(F)(F)F)c1.[C-]#[N+]c1ccc(N2CCOCC2)c(C(F)(F)F)c1. The molecule has 0 radical (unpaired) electrons. The number of rotatable bonds is 10. The van der Waals surface area contributed by atoms with Gasteiger partial charge >= 0.3 is 30.7 Å². The minimum atomic E-state index is -4.65. The van der Waals surface area contributed by atoms with Crippen LogP contribution >= 0.6 is 0 Å². The molecule has 4 aliphatic rings. The zero-order chi connectivity index (χ0) is 68.0. The Bertz CT molecular complexity index is 3670. The Morgan fingerprint density at radius 1 is 0.484 bits per heavy atom. The van der Waals surface area contributed by atoms with Crippen LogP contribution in [0.4, 0.5) is 104 Å². The number of carbonyl (C=O) groups excluding carboxylic acids is 2. The number of aromatic carboxylic acids is 1. The molecule has 4 heterocycles. The van der Waals surface area contributed by atoms with Gasteiger partial charge in [0.25, 0.3) is 17.5 Å². The van der Waals surface area contributed by atoms with Crippen molar-refractivity contribution in [1.82, 2.24) is 0 Å². The maximum atomic E-state index is 13.6. The quantitative estimate of drug-likeness (QED) is 0.0330. The summed E-state index contributed by atoms with van der Waals surface area (Å²) >= 11 is 0. The largest absolute Gasteiger partial charge is 0.478 e. The average molecular weight is 1320 g/mol. The Morgan fingerprint density at radius 3 is 1.12 bits per heavy atom. The number of nitrogens with zero attached hydrogens (tertiary/aromatic N) is 6. The van der Waals surface area contributed by atoms with Crippen molar-refractivity contribution in [3.8, 4) is 0 Å². The number of nitrogens with two attached hydrogens (primary N) is 1. The minimum absolute atomic E-state index is 0.000616. The number of halogens is 12. The molecule has 19 nitrogen and oxygen atoms in total. The number of alkyl halides is 12. The molecule has 6 aromatic rings. The van der Waals surface area contributed by atoms with Crippen molar-refractivity contribution in [3.63, 3.8) is 0 Å². The Balaban J connectivity index is 0.000000179. The van der Waals surface area contributed by atoms with Crippen LogP contribution in [-0.2, 0) is 43.7 Å². The van der Waals surface area contributed by atoms with Gasteiger partial charge in [0.05, 0.1) is 92.2 Å². The smallest absolute Gasteiger partial charge is 0.418 e. The molecule has 0 aliphatic carbocycles. The number of nitro benzene ring substituents is 1. The van der Waals surface area contributed by atoms with Crippen molar-refractivity contribution in [1.29, 1.82) is 0 Å². The number of amides is 2. The van der Waals surface area contributed by atoms with Crippen molar-refractivity contribution in [2.24, 2.45) is 0 Å². The molecule has 10 rings (SSSR count). The van der Waals surface area contributed by atoms with Crippen LogP contribution in [0.5, 0.6) is 0 Å². The fraction of sp³-hybridized carbons (Fsp3) is 0.355. The lowest BCUT2D eigenvalue weighted by molar-refractivity contribution is -0.385. The number of ether oxygens (including phenoxy) is 4. The number of carbonyl (C=O) groups is 3. The predicted molar refractivity (Wildman–Crippen MR) is 320 cm³/mol. The average Bonchev–Trinajstić information content (AvgIpc) is 0.867. The fourth-order valence-corrected chi connectivity index (χ4v) is 9.85. The molecule has 4 fully saturated rings. The molecule has 0 atom stereocenters. The van der Waals surface area contributed by atoms with Gasteiger partial charge in [-0.05, 0) is 104 Å². The summed E-state index contributed by atoms with van der Waals surface area (Å²) in [6.07, 6.45) is -18.3. The number of nitro groups is 1. The first-order valence-corrected chi connectivity index (χ1v) is 28.3. The molecule has 0 aromatic heterocycles. The molecule has 498 valence electrons. The number of carboxylic acid groups (broad SMARTS) is 1. The molecule has 5 N–H and O–H groups in total. The summed E-state index contributed by atoms with van der Waals surface area (Å²) in [4.78, 5) is 55.5. The van der Waals surface area contributed by atoms with Crippen molar-refractivity contribution in [2.75, 3.05) is 141 Å². The van der Waals surface area contributed by atoms with E-state index in [-0.39, 0.29) is 56.5 Å². The van der Waals surface area contributed by atoms with Crippen LogP contribution < -0.4 is 36.0 Å². The van der Waals surface area contributed by atoms with Gasteiger partial charge in [0.15, 0.2) is 5.69 Å². The van der Waals surface area contributed by atoms with E-state index in [4.69, 9.17) is 36.4 Å². The highest BCUT2D eigenvalue weighted by Gasteiger charge is 2.40. The third-order valence-electron chi connectivity index (χ3n) is 14.7. The van der Waals surface area contributed by atoms with E-state index in [1.165, 1.54) is 66.7 Å². The standard InChI is InChI=1S/C19H18F3N3O4.C19H20F3N3O2.C12H11F3N2O.C12H12F3NO3/c1-12-2-4-14(11-17(12)25(27)28)23-18(26)13-3-5-16(15(10-13)19(20,21)22)24-6-8-29-9-7-24;1-12-2-4-14(11-16(12)23)24-18(26)13-3-5-17(15(10-13)19(20,21)22)25-6-8-27-9-7-25;1-16-9-2-3-11(10(8-9)12(13,14)15)17-4-6-18-7-5-17;13-12(14,15)9-7-8(11(17)18)1-2-10(9)16-3-5-19-6-4-16/h2-5,10-11H,6-9H2,1H3,(H,23,26);2-5,10-11H,6-9,23H2,1H3,(H,24,26);2-3,8H,4-7H2;1-2,7H,3-6H2,(H,17,18). The Morgan fingerprint density at radius 2 is 0.796 bits per heavy atom. The van der Waals surface area contributed by atoms with Gasteiger partial charge in [-0.3, -0.25) is 19.7 Å². The van der Waals surface area contributed by atoms with E-state index in [0.717, 1.165) is 23.8 Å². The van der Waals surface area contributed by atoms with E-state index < -0.39 is 69.7 Å². The van der Waals surface area contributed by atoms with E-state index in [0.29, 0.717) is 128 Å². The normalized spacial score (nSPS) is 15.4. The highest BCUT2D eigenvalue weighted by atomic mass is 19.4. The lowest BCUT2D eigenvalue weighted by Gasteiger charge is -2.31. The first-order chi connectivity index (χ1) is 43.8. The predicted octanol–water partition coefficient (Wildman–Crippen LogP) is 13.0. The molecule has 2 amide bonds. The third kappa shape index (κ3) is 19.3. The molecule has 0 bridgehead atoms. The molecule has 31 heteroatoms. The van der Waals surface area contributed by atoms with Gasteiger partial charge in [0.1, 0.15) is 0 Å². The molecule has 4 aliphatic heterocycles. The number of aryl methyl sites for hydroxylation is 2. The van der Waals surface area contributed by atoms with Crippen LogP contribution in [0.2, 0.25) is 0 Å². The summed E-state index contributed by atoms with van der Waals surface area (Å²) in [7, 11) is 0. The summed E-state index contributed by atoms with van der Waals surface area (Å²) in [6, 6.07) is 22.7. The molecule has 0 saturated carbocycles. The van der Waals surface area contributed by atoms with Gasteiger partial charge in [-0.15, -0.1) is 0 Å². The van der Waals surface area contributed by atoms with Crippen LogP contribution in [0.25, 0.3) is 4.85 Å². The molecule has 6 aromatic carbocycles. The lowest BCUT2D eigenvalue weighted by atomic mass is 10.1. The maximum absolute atomic E-state index is 13.6. The minimum Gasteiger partial charge on any atom is -0.478 e. The zero-order valence-electron chi connectivity index (χ0n) is 49.6. The van der Waals surface area contributed by atoms with Gasteiger partial charge < -0.3 is 60.0 Å². The number of nitrogens with one attached hydrogen (secondary N) is 2. The Kier molecular flexibility index (Phi) is 23.6. The first kappa shape index (κ1) is 71.1. The lowest BCUT2D eigenvalue weighted by Crippen LogP contribution is -2.37. The molecule has 4 saturated heterocycles. The van der Waals surface area contributed by atoms with Gasteiger partial charge in [-0.1, -0.05) is 18.2 Å².